The van der Waals surface area contributed by atoms with Gasteiger partial charge < -0.3 is 24.1 Å². The first-order chi connectivity index (χ1) is 21.2. The van der Waals surface area contributed by atoms with E-state index in [0.717, 1.165) is 42.4 Å². The number of methoxy groups -OCH3 is 1. The minimum absolute atomic E-state index is 0.0312. The summed E-state index contributed by atoms with van der Waals surface area (Å²) in [6.07, 6.45) is 0.487. The number of nitrogens with zero attached hydrogens (tertiary/aromatic N) is 1. The van der Waals surface area contributed by atoms with Crippen LogP contribution in [-0.2, 0) is 36.5 Å². The number of rotatable bonds is 9. The number of hydrogen-bond acceptors (Lipinski definition) is 6. The van der Waals surface area contributed by atoms with Crippen LogP contribution in [-0.4, -0.2) is 67.6 Å². The van der Waals surface area contributed by atoms with Crippen LogP contribution in [0.4, 0.5) is 13.2 Å². The molecule has 10 atom stereocenters. The third-order valence-electron chi connectivity index (χ3n) is 12.4. The molecule has 0 radical (unpaired) electrons. The summed E-state index contributed by atoms with van der Waals surface area (Å²) < 4.78 is 58.3. The van der Waals surface area contributed by atoms with Crippen molar-refractivity contribution in [2.45, 2.75) is 84.6 Å². The quantitative estimate of drug-likeness (QED) is 0.256. The number of carboxylic acids is 1. The highest BCUT2D eigenvalue weighted by molar-refractivity contribution is 5.90. The molecule has 5 aliphatic rings. The Morgan fingerprint density at radius 3 is 2.47 bits per heavy atom. The molecule has 4 bridgehead atoms. The van der Waals surface area contributed by atoms with Crippen molar-refractivity contribution in [2.24, 2.45) is 45.8 Å². The van der Waals surface area contributed by atoms with Crippen molar-refractivity contribution >= 4 is 12.3 Å². The van der Waals surface area contributed by atoms with Crippen molar-refractivity contribution in [3.8, 4) is 0 Å². The molecule has 1 aromatic carbocycles. The third-order valence-corrected chi connectivity index (χ3v) is 12.4. The molecule has 4 fully saturated rings. The van der Waals surface area contributed by atoms with Gasteiger partial charge >= 0.3 is 12.1 Å². The Labute approximate surface area is 263 Å². The van der Waals surface area contributed by atoms with Crippen LogP contribution in [0, 0.1) is 45.8 Å². The molecule has 1 heterocycles. The Hall–Kier alpha value is -2.27. The number of aldehydes is 1. The molecular formula is C35H46F3NO6. The number of carboxylic acid groups (broad SMARTS) is 1. The van der Waals surface area contributed by atoms with Gasteiger partial charge in [0.15, 0.2) is 6.29 Å². The second-order valence-corrected chi connectivity index (χ2v) is 14.7. The van der Waals surface area contributed by atoms with E-state index in [1.165, 1.54) is 12.1 Å². The number of allylic oxidation sites excluding steroid dienone is 1. The van der Waals surface area contributed by atoms with Gasteiger partial charge in [-0.25, -0.2) is 0 Å². The lowest BCUT2D eigenvalue weighted by Crippen LogP contribution is -2.63. The topological polar surface area (TPSA) is 85.3 Å². The first kappa shape index (κ1) is 32.7. The van der Waals surface area contributed by atoms with Crippen LogP contribution >= 0.6 is 0 Å². The van der Waals surface area contributed by atoms with Crippen LogP contribution in [0.3, 0.4) is 0 Å². The zero-order chi connectivity index (χ0) is 32.5. The Morgan fingerprint density at radius 1 is 1.16 bits per heavy atom. The maximum atomic E-state index is 13.7. The number of benzene rings is 1. The van der Waals surface area contributed by atoms with Crippen molar-refractivity contribution < 1.29 is 42.1 Å². The first-order valence-electron chi connectivity index (χ1n) is 16.3. The first-order valence-corrected chi connectivity index (χ1v) is 16.3. The molecule has 3 saturated carbocycles. The summed E-state index contributed by atoms with van der Waals surface area (Å²) in [4.78, 5) is 29.1. The summed E-state index contributed by atoms with van der Waals surface area (Å²) in [6, 6.07) is 5.16. The van der Waals surface area contributed by atoms with E-state index in [9.17, 15) is 27.9 Å². The van der Waals surface area contributed by atoms with Gasteiger partial charge in [0.1, 0.15) is 11.7 Å². The predicted octanol–water partition coefficient (Wildman–Crippen LogP) is 6.21. The highest BCUT2D eigenvalue weighted by Gasteiger charge is 2.84. The number of fused-ring (bicyclic) bond motifs is 2. The van der Waals surface area contributed by atoms with Crippen LogP contribution in [0.1, 0.15) is 64.5 Å². The molecule has 0 aromatic heterocycles. The number of carbonyl (C=O) groups is 2. The van der Waals surface area contributed by atoms with E-state index in [1.807, 2.05) is 20.8 Å². The van der Waals surface area contributed by atoms with Gasteiger partial charge in [-0.2, -0.15) is 13.2 Å². The molecule has 0 amide bonds. The van der Waals surface area contributed by atoms with Crippen molar-refractivity contribution in [3.63, 3.8) is 0 Å². The summed E-state index contributed by atoms with van der Waals surface area (Å²) in [6.45, 7) is 9.51. The van der Waals surface area contributed by atoms with Gasteiger partial charge in [0.2, 0.25) is 0 Å². The lowest BCUT2D eigenvalue weighted by atomic mass is 9.43. The fraction of sp³-hybridized carbons (Fsp3) is 0.714. The van der Waals surface area contributed by atoms with E-state index in [2.05, 4.69) is 17.9 Å². The zero-order valence-electron chi connectivity index (χ0n) is 26.8. The summed E-state index contributed by atoms with van der Waals surface area (Å²) in [5.41, 5.74) is -2.20. The Balaban J connectivity index is 1.30. The minimum Gasteiger partial charge on any atom is -0.481 e. The van der Waals surface area contributed by atoms with Gasteiger partial charge in [-0.05, 0) is 73.5 Å². The Morgan fingerprint density at radius 2 is 1.87 bits per heavy atom. The fourth-order valence-corrected chi connectivity index (χ4v) is 10.5. The summed E-state index contributed by atoms with van der Waals surface area (Å²) in [7, 11) is 1.60. The van der Waals surface area contributed by atoms with Crippen molar-refractivity contribution in [2.75, 3.05) is 26.8 Å². The normalized spacial score (nSPS) is 41.2. The molecule has 4 unspecified atom stereocenters. The molecule has 1 N–H and O–H groups in total. The lowest BCUT2D eigenvalue weighted by Gasteiger charge is -2.58. The van der Waals surface area contributed by atoms with Crippen LogP contribution in [0.5, 0.6) is 0 Å². The predicted molar refractivity (Wildman–Crippen MR) is 160 cm³/mol. The average molecular weight is 634 g/mol. The molecule has 0 spiro atoms. The fourth-order valence-electron chi connectivity index (χ4n) is 10.5. The molecular weight excluding hydrogens is 587 g/mol. The highest BCUT2D eigenvalue weighted by Crippen LogP contribution is 2.82. The molecule has 1 saturated heterocycles. The maximum absolute atomic E-state index is 13.7. The van der Waals surface area contributed by atoms with Gasteiger partial charge in [0, 0.05) is 32.2 Å². The number of hydrogen-bond donors (Lipinski definition) is 1. The molecule has 4 aliphatic carbocycles. The van der Waals surface area contributed by atoms with Gasteiger partial charge in [-0.15, -0.1) is 0 Å². The molecule has 7 nitrogen and oxygen atoms in total. The van der Waals surface area contributed by atoms with E-state index >= 15 is 0 Å². The number of halogens is 3. The second kappa shape index (κ2) is 11.5. The van der Waals surface area contributed by atoms with Crippen LogP contribution in [0.15, 0.2) is 35.9 Å². The smallest absolute Gasteiger partial charge is 0.416 e. The van der Waals surface area contributed by atoms with E-state index in [1.54, 1.807) is 7.11 Å². The summed E-state index contributed by atoms with van der Waals surface area (Å²) >= 11 is 0. The SMILES string of the molecule is CO[C@H]1CN(Cc2ccc(C(F)(F)F)cc2)C[C@H](OCC23C[C@@H]4[C@H](C)CC[C@H]4C4(C=O)CC2C=C(C(C)C)C34C(=O)O)O[C@@H]1C. The molecule has 1 aliphatic heterocycles. The lowest BCUT2D eigenvalue weighted by molar-refractivity contribution is -0.220. The van der Waals surface area contributed by atoms with Gasteiger partial charge in [0.05, 0.1) is 29.8 Å². The van der Waals surface area contributed by atoms with Crippen LogP contribution < -0.4 is 0 Å². The molecule has 1 aromatic rings. The molecule has 6 rings (SSSR count). The Bertz CT molecular complexity index is 1330. The van der Waals surface area contributed by atoms with E-state index in [4.69, 9.17) is 14.2 Å². The highest BCUT2D eigenvalue weighted by atomic mass is 19.4. The second-order valence-electron chi connectivity index (χ2n) is 14.7. The number of ether oxygens (including phenoxy) is 3. The number of aliphatic carboxylic acids is 1. The molecule has 45 heavy (non-hydrogen) atoms. The average Bonchev–Trinajstić information content (AvgIpc) is 3.50. The molecule has 248 valence electrons. The van der Waals surface area contributed by atoms with E-state index in [-0.39, 0.29) is 42.5 Å². The minimum atomic E-state index is -4.40. The standard InChI is InChI=1S/C35H46F3NO6/c1-20(2)28-12-25-13-32(18-40)27-11-6-21(3)26(27)14-33(25,34(28,32)31(41)42)19-44-30-17-39(16-29(43-5)22(4)45-30)15-23-7-9-24(10-8-23)35(36,37)38/h7-10,12,18,20-22,25-27,29-30H,6,11,13-17,19H2,1-5H3,(H,41,42)/t21-,22-,25?,26-,27-,29+,30-,32?,33?,34?/m1/s1. The van der Waals surface area contributed by atoms with Crippen LogP contribution in [0.25, 0.3) is 0 Å². The summed E-state index contributed by atoms with van der Waals surface area (Å²) in [5.74, 6) is -0.356. The molecule has 10 heteroatoms. The largest absolute Gasteiger partial charge is 0.481 e. The monoisotopic (exact) mass is 633 g/mol. The van der Waals surface area contributed by atoms with E-state index in [0.29, 0.717) is 38.4 Å². The van der Waals surface area contributed by atoms with Crippen molar-refractivity contribution in [3.05, 3.63) is 47.0 Å². The van der Waals surface area contributed by atoms with Crippen LogP contribution in [0.2, 0.25) is 0 Å². The van der Waals surface area contributed by atoms with E-state index < -0.39 is 40.2 Å². The number of alkyl halides is 3. The van der Waals surface area contributed by atoms with Crippen molar-refractivity contribution in [1.29, 1.82) is 0 Å². The zero-order valence-corrected chi connectivity index (χ0v) is 26.8. The van der Waals surface area contributed by atoms with Crippen molar-refractivity contribution in [1.82, 2.24) is 4.90 Å². The third kappa shape index (κ3) is 4.75. The summed E-state index contributed by atoms with van der Waals surface area (Å²) in [5, 5.41) is 11.2. The van der Waals surface area contributed by atoms with Gasteiger partial charge in [-0.1, -0.05) is 51.0 Å². The Kier molecular flexibility index (Phi) is 8.32. The maximum Gasteiger partial charge on any atom is 0.416 e. The van der Waals surface area contributed by atoms with Gasteiger partial charge in [-0.3, -0.25) is 9.69 Å². The van der Waals surface area contributed by atoms with Gasteiger partial charge in [0.25, 0.3) is 0 Å². The number of carbonyl (C=O) groups excluding carboxylic acids is 1.